The number of alkyl halides is 3. The van der Waals surface area contributed by atoms with E-state index in [1.165, 1.54) is 43.3 Å². The Morgan fingerprint density at radius 2 is 1.62 bits per heavy atom. The van der Waals surface area contributed by atoms with Gasteiger partial charge in [-0.25, -0.2) is 9.37 Å². The molecule has 4 rings (SSSR count). The monoisotopic (exact) mass is 471 g/mol. The second-order valence-corrected chi connectivity index (χ2v) is 7.55. The number of fused-ring (bicyclic) bond motifs is 1. The molecule has 0 spiro atoms. The third-order valence-corrected chi connectivity index (χ3v) is 5.34. The van der Waals surface area contributed by atoms with Crippen LogP contribution in [0.3, 0.4) is 0 Å². The quantitative estimate of drug-likeness (QED) is 0.431. The lowest BCUT2D eigenvalue weighted by atomic mass is 9.92. The van der Waals surface area contributed by atoms with Crippen LogP contribution < -0.4 is 11.5 Å². The number of rotatable bonds is 5. The number of carbonyl (C=O) groups is 2. The summed E-state index contributed by atoms with van der Waals surface area (Å²) in [6, 6.07) is 11.2. The summed E-state index contributed by atoms with van der Waals surface area (Å²) >= 11 is 0. The van der Waals surface area contributed by atoms with E-state index in [0.717, 1.165) is 4.68 Å². The molecule has 0 atom stereocenters. The van der Waals surface area contributed by atoms with Crippen molar-refractivity contribution in [2.24, 2.45) is 11.5 Å². The van der Waals surface area contributed by atoms with Crippen LogP contribution in [0.5, 0.6) is 0 Å². The average molecular weight is 471 g/mol. The van der Waals surface area contributed by atoms with Gasteiger partial charge in [0.2, 0.25) is 5.91 Å². The van der Waals surface area contributed by atoms with Crippen molar-refractivity contribution in [1.29, 1.82) is 0 Å². The van der Waals surface area contributed by atoms with Crippen molar-refractivity contribution in [3.63, 3.8) is 0 Å². The number of primary amides is 2. The Kier molecular flexibility index (Phi) is 5.56. The van der Waals surface area contributed by atoms with Gasteiger partial charge in [-0.3, -0.25) is 14.3 Å². The summed E-state index contributed by atoms with van der Waals surface area (Å²) in [7, 11) is 0. The van der Waals surface area contributed by atoms with E-state index in [1.807, 2.05) is 0 Å². The van der Waals surface area contributed by atoms with Gasteiger partial charge in [-0.2, -0.15) is 18.3 Å². The van der Waals surface area contributed by atoms with Gasteiger partial charge >= 0.3 is 6.18 Å². The molecule has 0 bridgehead atoms. The zero-order chi connectivity index (χ0) is 24.8. The SMILES string of the molecule is Cc1c(-c2c(C(N)=O)nc3ccccc3c2C(N)=O)c(C(F)(F)F)nn1Cc1ccc(F)cc1. The molecule has 4 N–H and O–H groups in total. The molecule has 0 aliphatic carbocycles. The number of para-hydroxylation sites is 1. The first-order valence-electron chi connectivity index (χ1n) is 9.90. The highest BCUT2D eigenvalue weighted by Gasteiger charge is 2.41. The van der Waals surface area contributed by atoms with Crippen LogP contribution in [-0.2, 0) is 12.7 Å². The van der Waals surface area contributed by atoms with E-state index in [1.54, 1.807) is 12.1 Å². The minimum Gasteiger partial charge on any atom is -0.366 e. The Labute approximate surface area is 190 Å². The third kappa shape index (κ3) is 3.96. The Hall–Kier alpha value is -4.28. The number of nitrogens with zero attached hydrogens (tertiary/aromatic N) is 3. The zero-order valence-electron chi connectivity index (χ0n) is 17.7. The fourth-order valence-electron chi connectivity index (χ4n) is 3.85. The Morgan fingerprint density at radius 1 is 0.971 bits per heavy atom. The minimum absolute atomic E-state index is 0.0151. The Balaban J connectivity index is 2.08. The summed E-state index contributed by atoms with van der Waals surface area (Å²) < 4.78 is 56.7. The van der Waals surface area contributed by atoms with Crippen molar-refractivity contribution in [3.05, 3.63) is 82.6 Å². The molecule has 0 unspecified atom stereocenters. The van der Waals surface area contributed by atoms with E-state index in [9.17, 15) is 27.2 Å². The molecule has 0 saturated heterocycles. The standard InChI is InChI=1S/C23H17F4N5O2/c1-11-16(20(23(25,26)27)31-32(11)10-12-6-8-13(24)9-7-12)18-17(21(28)33)14-4-2-3-5-15(14)30-19(18)22(29)34/h2-9H,10H2,1H3,(H2,28,33)(H2,29,34). The molecule has 11 heteroatoms. The summed E-state index contributed by atoms with van der Waals surface area (Å²) in [5.74, 6) is -2.70. The van der Waals surface area contributed by atoms with Gasteiger partial charge in [0, 0.05) is 22.2 Å². The van der Waals surface area contributed by atoms with E-state index >= 15 is 0 Å². The lowest BCUT2D eigenvalue weighted by molar-refractivity contribution is -0.141. The fraction of sp³-hybridized carbons (Fsp3) is 0.130. The number of amides is 2. The van der Waals surface area contributed by atoms with Crippen LogP contribution in [0.4, 0.5) is 17.6 Å². The topological polar surface area (TPSA) is 117 Å². The molecule has 0 aliphatic rings. The first-order valence-corrected chi connectivity index (χ1v) is 9.90. The van der Waals surface area contributed by atoms with Gasteiger partial charge in [0.05, 0.1) is 17.6 Å². The Bertz CT molecular complexity index is 1440. The highest BCUT2D eigenvalue weighted by Crippen LogP contribution is 2.42. The highest BCUT2D eigenvalue weighted by molar-refractivity contribution is 6.15. The molecule has 0 saturated carbocycles. The number of pyridine rings is 1. The molecule has 2 aromatic heterocycles. The molecule has 0 radical (unpaired) electrons. The maximum atomic E-state index is 14.1. The zero-order valence-corrected chi connectivity index (χ0v) is 17.7. The highest BCUT2D eigenvalue weighted by atomic mass is 19.4. The second kappa shape index (κ2) is 8.25. The van der Waals surface area contributed by atoms with Gasteiger partial charge in [0.15, 0.2) is 5.69 Å². The number of nitrogens with two attached hydrogens (primary N) is 2. The number of aromatic nitrogens is 3. The molecular weight excluding hydrogens is 454 g/mol. The Morgan fingerprint density at radius 3 is 2.21 bits per heavy atom. The molecule has 34 heavy (non-hydrogen) atoms. The molecule has 2 aromatic carbocycles. The maximum absolute atomic E-state index is 14.1. The normalized spacial score (nSPS) is 11.7. The van der Waals surface area contributed by atoms with Gasteiger partial charge in [-0.05, 0) is 30.7 Å². The number of hydrogen-bond acceptors (Lipinski definition) is 4. The van der Waals surface area contributed by atoms with Crippen LogP contribution in [0.25, 0.3) is 22.0 Å². The largest absolute Gasteiger partial charge is 0.435 e. The minimum atomic E-state index is -4.95. The van der Waals surface area contributed by atoms with Crippen molar-refractivity contribution >= 4 is 22.7 Å². The summed E-state index contributed by atoms with van der Waals surface area (Å²) in [6.07, 6.45) is -4.95. The molecule has 2 heterocycles. The average Bonchev–Trinajstić information content (AvgIpc) is 3.09. The van der Waals surface area contributed by atoms with E-state index in [2.05, 4.69) is 10.1 Å². The lowest BCUT2D eigenvalue weighted by Gasteiger charge is -2.16. The van der Waals surface area contributed by atoms with Crippen LogP contribution in [0.2, 0.25) is 0 Å². The molecule has 7 nitrogen and oxygen atoms in total. The van der Waals surface area contributed by atoms with E-state index < -0.39 is 46.3 Å². The summed E-state index contributed by atoms with van der Waals surface area (Å²) in [4.78, 5) is 28.9. The summed E-state index contributed by atoms with van der Waals surface area (Å²) in [6.45, 7) is 1.22. The van der Waals surface area contributed by atoms with Crippen LogP contribution in [0.15, 0.2) is 48.5 Å². The van der Waals surface area contributed by atoms with E-state index in [0.29, 0.717) is 5.56 Å². The first kappa shape index (κ1) is 22.9. The molecule has 174 valence electrons. The van der Waals surface area contributed by atoms with Gasteiger partial charge < -0.3 is 11.5 Å². The van der Waals surface area contributed by atoms with E-state index in [-0.39, 0.29) is 28.7 Å². The predicted molar refractivity (Wildman–Crippen MR) is 115 cm³/mol. The maximum Gasteiger partial charge on any atom is 0.435 e. The molecule has 2 amide bonds. The van der Waals surface area contributed by atoms with Gasteiger partial charge in [-0.15, -0.1) is 0 Å². The van der Waals surface area contributed by atoms with E-state index in [4.69, 9.17) is 11.5 Å². The van der Waals surface area contributed by atoms with Gasteiger partial charge in [0.1, 0.15) is 11.5 Å². The predicted octanol–water partition coefficient (Wildman–Crippen LogP) is 3.81. The summed E-state index contributed by atoms with van der Waals surface area (Å²) in [5.41, 5.74) is 8.51. The first-order chi connectivity index (χ1) is 16.0. The fourth-order valence-corrected chi connectivity index (χ4v) is 3.85. The smallest absolute Gasteiger partial charge is 0.366 e. The van der Waals surface area contributed by atoms with Crippen LogP contribution in [0.1, 0.15) is 37.8 Å². The third-order valence-electron chi connectivity index (χ3n) is 5.34. The molecule has 0 aliphatic heterocycles. The molecule has 0 fully saturated rings. The van der Waals surface area contributed by atoms with Crippen molar-refractivity contribution in [1.82, 2.24) is 14.8 Å². The second-order valence-electron chi connectivity index (χ2n) is 7.55. The molecular formula is C23H17F4N5O2. The number of carbonyl (C=O) groups excluding carboxylic acids is 2. The lowest BCUT2D eigenvalue weighted by Crippen LogP contribution is -2.21. The number of hydrogen-bond donors (Lipinski definition) is 2. The van der Waals surface area contributed by atoms with Crippen LogP contribution in [-0.4, -0.2) is 26.6 Å². The van der Waals surface area contributed by atoms with Gasteiger partial charge in [-0.1, -0.05) is 30.3 Å². The number of benzene rings is 2. The van der Waals surface area contributed by atoms with Crippen molar-refractivity contribution < 1.29 is 27.2 Å². The van der Waals surface area contributed by atoms with Crippen molar-refractivity contribution in [2.75, 3.05) is 0 Å². The van der Waals surface area contributed by atoms with Gasteiger partial charge in [0.25, 0.3) is 5.91 Å². The molecule has 4 aromatic rings. The van der Waals surface area contributed by atoms with Crippen molar-refractivity contribution in [3.8, 4) is 11.1 Å². The van der Waals surface area contributed by atoms with Crippen molar-refractivity contribution in [2.45, 2.75) is 19.6 Å². The van der Waals surface area contributed by atoms with Crippen LogP contribution >= 0.6 is 0 Å². The summed E-state index contributed by atoms with van der Waals surface area (Å²) in [5, 5.41) is 3.88. The van der Waals surface area contributed by atoms with Crippen LogP contribution in [0, 0.1) is 12.7 Å². The number of halogens is 4.